The zero-order valence-corrected chi connectivity index (χ0v) is 22.4. The van der Waals surface area contributed by atoms with Crippen LogP contribution in [0, 0.1) is 23.3 Å². The smallest absolute Gasteiger partial charge is 0.204 e. The fourth-order valence-electron chi connectivity index (χ4n) is 4.38. The number of hydrogen-bond donors (Lipinski definition) is 0. The van der Waals surface area contributed by atoms with Crippen molar-refractivity contribution < 1.29 is 27.0 Å². The Morgan fingerprint density at radius 3 is 2.25 bits per heavy atom. The molecular formula is C29H24F4N4O2S. The van der Waals surface area contributed by atoms with Gasteiger partial charge in [-0.05, 0) is 18.6 Å². The van der Waals surface area contributed by atoms with Crippen molar-refractivity contribution in [2.45, 2.75) is 23.9 Å². The van der Waals surface area contributed by atoms with Gasteiger partial charge in [0.05, 0.1) is 18.3 Å². The van der Waals surface area contributed by atoms with Gasteiger partial charge in [0.1, 0.15) is 0 Å². The largest absolute Gasteiger partial charge is 0.491 e. The second-order valence-corrected chi connectivity index (χ2v) is 9.74. The number of thioether (sulfide) groups is 1. The minimum Gasteiger partial charge on any atom is -0.491 e. The summed E-state index contributed by atoms with van der Waals surface area (Å²) in [5, 5.41) is 9.89. The van der Waals surface area contributed by atoms with E-state index in [1.165, 1.54) is 0 Å². The topological polar surface area (TPSA) is 62.1 Å². The molecule has 0 radical (unpaired) electrons. The highest BCUT2D eigenvalue weighted by atomic mass is 32.2. The molecule has 0 N–H and O–H groups in total. The van der Waals surface area contributed by atoms with Crippen molar-refractivity contribution in [1.29, 1.82) is 0 Å². The monoisotopic (exact) mass is 568 g/mol. The minimum absolute atomic E-state index is 0.323. The molecule has 40 heavy (non-hydrogen) atoms. The van der Waals surface area contributed by atoms with Gasteiger partial charge >= 0.3 is 0 Å². The number of rotatable bonds is 10. The summed E-state index contributed by atoms with van der Waals surface area (Å²) in [5.41, 5.74) is 2.43. The molecule has 0 fully saturated rings. The first kappa shape index (κ1) is 27.6. The average Bonchev–Trinajstić information content (AvgIpc) is 3.38. The molecule has 0 saturated carbocycles. The Labute approximate surface area is 232 Å². The number of aromatic nitrogens is 4. The summed E-state index contributed by atoms with van der Waals surface area (Å²) in [6.45, 7) is 0.873. The van der Waals surface area contributed by atoms with Crippen LogP contribution in [0.3, 0.4) is 0 Å². The number of methoxy groups -OCH3 is 2. The summed E-state index contributed by atoms with van der Waals surface area (Å²) in [4.78, 5) is 4.82. The van der Waals surface area contributed by atoms with E-state index in [0.717, 1.165) is 46.6 Å². The van der Waals surface area contributed by atoms with E-state index in [4.69, 9.17) is 9.72 Å². The SMILES string of the molecule is COCCCn1c(SCc2c(F)c(F)c(OC)c(F)c2F)nnc1-c1cc(-c2ccccc2)nc2ccccc12. The number of pyridine rings is 1. The predicted molar refractivity (Wildman–Crippen MR) is 145 cm³/mol. The van der Waals surface area contributed by atoms with Gasteiger partial charge in [-0.1, -0.05) is 60.3 Å². The summed E-state index contributed by atoms with van der Waals surface area (Å²) >= 11 is 0.918. The van der Waals surface area contributed by atoms with Crippen LogP contribution in [0.4, 0.5) is 17.6 Å². The number of ether oxygens (including phenoxy) is 2. The van der Waals surface area contributed by atoms with Crippen molar-refractivity contribution in [2.75, 3.05) is 20.8 Å². The predicted octanol–water partition coefficient (Wildman–Crippen LogP) is 7.05. The van der Waals surface area contributed by atoms with Crippen LogP contribution in [-0.2, 0) is 17.0 Å². The number of nitrogens with zero attached hydrogens (tertiary/aromatic N) is 4. The first-order valence-electron chi connectivity index (χ1n) is 12.3. The van der Waals surface area contributed by atoms with Crippen molar-refractivity contribution in [3.8, 4) is 28.4 Å². The van der Waals surface area contributed by atoms with Gasteiger partial charge in [0.25, 0.3) is 0 Å². The van der Waals surface area contributed by atoms with Crippen molar-refractivity contribution in [1.82, 2.24) is 19.7 Å². The molecule has 11 heteroatoms. The van der Waals surface area contributed by atoms with Crippen molar-refractivity contribution >= 4 is 22.7 Å². The maximum absolute atomic E-state index is 14.7. The van der Waals surface area contributed by atoms with Gasteiger partial charge in [0, 0.05) is 48.1 Å². The lowest BCUT2D eigenvalue weighted by Crippen LogP contribution is -2.08. The van der Waals surface area contributed by atoms with E-state index < -0.39 is 40.3 Å². The van der Waals surface area contributed by atoms with Crippen LogP contribution in [0.1, 0.15) is 12.0 Å². The van der Waals surface area contributed by atoms with Gasteiger partial charge in [-0.25, -0.2) is 13.8 Å². The molecule has 0 aliphatic rings. The van der Waals surface area contributed by atoms with E-state index in [1.807, 2.05) is 65.2 Å². The Morgan fingerprint density at radius 2 is 1.55 bits per heavy atom. The molecule has 2 heterocycles. The normalized spacial score (nSPS) is 11.3. The number of hydrogen-bond acceptors (Lipinski definition) is 6. The van der Waals surface area contributed by atoms with Crippen LogP contribution in [0.15, 0.2) is 65.8 Å². The fourth-order valence-corrected chi connectivity index (χ4v) is 5.34. The van der Waals surface area contributed by atoms with Crippen LogP contribution in [0.25, 0.3) is 33.5 Å². The number of para-hydroxylation sites is 1. The number of benzene rings is 3. The molecular weight excluding hydrogens is 544 g/mol. The van der Waals surface area contributed by atoms with Gasteiger partial charge in [-0.15, -0.1) is 10.2 Å². The maximum atomic E-state index is 14.7. The maximum Gasteiger partial charge on any atom is 0.204 e. The van der Waals surface area contributed by atoms with Crippen LogP contribution in [0.5, 0.6) is 5.75 Å². The van der Waals surface area contributed by atoms with E-state index in [2.05, 4.69) is 14.9 Å². The van der Waals surface area contributed by atoms with E-state index >= 15 is 0 Å². The molecule has 0 saturated heterocycles. The molecule has 0 atom stereocenters. The Morgan fingerprint density at radius 1 is 0.850 bits per heavy atom. The van der Waals surface area contributed by atoms with Crippen molar-refractivity contribution in [3.05, 3.63) is 89.5 Å². The highest BCUT2D eigenvalue weighted by Gasteiger charge is 2.27. The molecule has 5 aromatic rings. The molecule has 0 spiro atoms. The fraction of sp³-hybridized carbons (Fsp3) is 0.207. The number of halogens is 4. The Kier molecular flexibility index (Phi) is 8.32. The molecule has 206 valence electrons. The second kappa shape index (κ2) is 12.1. The summed E-state index contributed by atoms with van der Waals surface area (Å²) in [5.74, 6) is -7.21. The first-order chi connectivity index (χ1) is 19.4. The van der Waals surface area contributed by atoms with Crippen LogP contribution < -0.4 is 4.74 Å². The molecule has 0 amide bonds. The zero-order chi connectivity index (χ0) is 28.2. The van der Waals surface area contributed by atoms with Gasteiger partial charge in [0.2, 0.25) is 11.6 Å². The Hall–Kier alpha value is -3.96. The van der Waals surface area contributed by atoms with Crippen molar-refractivity contribution in [2.24, 2.45) is 0 Å². The molecule has 2 aromatic heterocycles. The summed E-state index contributed by atoms with van der Waals surface area (Å²) in [6, 6.07) is 19.3. The van der Waals surface area contributed by atoms with Gasteiger partial charge in [-0.2, -0.15) is 8.78 Å². The first-order valence-corrected chi connectivity index (χ1v) is 13.3. The van der Waals surface area contributed by atoms with Crippen LogP contribution in [-0.4, -0.2) is 40.6 Å². The van der Waals surface area contributed by atoms with Crippen LogP contribution in [0.2, 0.25) is 0 Å². The summed E-state index contributed by atoms with van der Waals surface area (Å²) in [7, 11) is 2.52. The van der Waals surface area contributed by atoms with Crippen molar-refractivity contribution in [3.63, 3.8) is 0 Å². The third-order valence-corrected chi connectivity index (χ3v) is 7.33. The Bertz CT molecular complexity index is 1630. The molecule has 6 nitrogen and oxygen atoms in total. The molecule has 0 unspecified atom stereocenters. The standard InChI is InChI=1S/C29H24F4N4O2S/c1-38-14-8-13-37-28(19-15-22(17-9-4-3-5-10-17)34-21-12-7-6-11-18(19)21)35-36-29(37)40-16-20-23(30)25(32)27(39-2)26(33)24(20)31/h3-7,9-12,15H,8,13-14,16H2,1-2H3. The minimum atomic E-state index is -1.59. The molecule has 0 bridgehead atoms. The average molecular weight is 569 g/mol. The summed E-state index contributed by atoms with van der Waals surface area (Å²) in [6.07, 6.45) is 0.595. The van der Waals surface area contributed by atoms with Gasteiger partial charge in [0.15, 0.2) is 28.4 Å². The van der Waals surface area contributed by atoms with Gasteiger partial charge in [-0.3, -0.25) is 0 Å². The molecule has 0 aliphatic carbocycles. The number of fused-ring (bicyclic) bond motifs is 1. The third kappa shape index (κ3) is 5.26. The lowest BCUT2D eigenvalue weighted by molar-refractivity contribution is 0.189. The lowest BCUT2D eigenvalue weighted by Gasteiger charge is -2.14. The van der Waals surface area contributed by atoms with E-state index in [0.29, 0.717) is 30.6 Å². The van der Waals surface area contributed by atoms with E-state index in [-0.39, 0.29) is 0 Å². The lowest BCUT2D eigenvalue weighted by atomic mass is 10.0. The second-order valence-electron chi connectivity index (χ2n) is 8.80. The highest BCUT2D eigenvalue weighted by Crippen LogP contribution is 2.36. The zero-order valence-electron chi connectivity index (χ0n) is 21.6. The van der Waals surface area contributed by atoms with Crippen LogP contribution >= 0.6 is 11.8 Å². The quantitative estimate of drug-likeness (QED) is 0.0779. The van der Waals surface area contributed by atoms with Gasteiger partial charge < -0.3 is 14.0 Å². The molecule has 3 aromatic carbocycles. The molecule has 0 aliphatic heterocycles. The van der Waals surface area contributed by atoms with E-state index in [1.54, 1.807) is 7.11 Å². The molecule has 5 rings (SSSR count). The highest BCUT2D eigenvalue weighted by molar-refractivity contribution is 7.98. The van der Waals surface area contributed by atoms with E-state index in [9.17, 15) is 17.6 Å². The third-order valence-electron chi connectivity index (χ3n) is 6.34. The summed E-state index contributed by atoms with van der Waals surface area (Å²) < 4.78 is 69.4. The Balaban J connectivity index is 1.59.